The molecule has 2 rings (SSSR count). The number of anilines is 1. The third kappa shape index (κ3) is 2.70. The van der Waals surface area contributed by atoms with Gasteiger partial charge in [0.05, 0.1) is 11.4 Å². The third-order valence-corrected chi connectivity index (χ3v) is 2.97. The van der Waals surface area contributed by atoms with Gasteiger partial charge in [-0.2, -0.15) is 0 Å². The molecule has 0 spiro atoms. The summed E-state index contributed by atoms with van der Waals surface area (Å²) < 4.78 is 5.42. The number of amides is 1. The number of hydrogen-bond acceptors (Lipinski definition) is 4. The maximum absolute atomic E-state index is 11.8. The molecule has 1 aromatic rings. The van der Waals surface area contributed by atoms with Gasteiger partial charge in [0.1, 0.15) is 12.4 Å². The molecule has 0 aliphatic carbocycles. The van der Waals surface area contributed by atoms with Crippen molar-refractivity contribution in [3.05, 3.63) is 23.8 Å². The molecule has 1 aliphatic heterocycles. The first-order chi connectivity index (χ1) is 9.17. The van der Waals surface area contributed by atoms with Gasteiger partial charge in [-0.05, 0) is 39.0 Å². The van der Waals surface area contributed by atoms with Crippen LogP contribution in [-0.2, 0) is 9.63 Å². The van der Waals surface area contributed by atoms with Crippen molar-refractivity contribution in [2.45, 2.75) is 20.8 Å². The second kappa shape index (κ2) is 5.73. The quantitative estimate of drug-likeness (QED) is 0.617. The molecule has 0 atom stereocenters. The summed E-state index contributed by atoms with van der Waals surface area (Å²) in [6.45, 7) is 6.96. The lowest BCUT2D eigenvalue weighted by atomic mass is 10.1. The standard InChI is InChI=1S/C14H18N2O3/c1-4-16-12-8-11(10(3)15-19-5-2)6-7-13(12)18-9-14(16)17/h6-8H,4-5,9H2,1-3H3/b15-10-. The van der Waals surface area contributed by atoms with Crippen molar-refractivity contribution >= 4 is 17.3 Å². The molecule has 0 saturated carbocycles. The van der Waals surface area contributed by atoms with Crippen molar-refractivity contribution in [2.75, 3.05) is 24.7 Å². The summed E-state index contributed by atoms with van der Waals surface area (Å²) in [6.07, 6.45) is 0. The van der Waals surface area contributed by atoms with Gasteiger partial charge in [-0.15, -0.1) is 0 Å². The van der Waals surface area contributed by atoms with Crippen molar-refractivity contribution in [3.63, 3.8) is 0 Å². The molecule has 0 unspecified atom stereocenters. The lowest BCUT2D eigenvalue weighted by molar-refractivity contribution is -0.121. The summed E-state index contributed by atoms with van der Waals surface area (Å²) in [4.78, 5) is 18.6. The second-order valence-corrected chi connectivity index (χ2v) is 4.20. The van der Waals surface area contributed by atoms with Gasteiger partial charge in [-0.3, -0.25) is 4.79 Å². The number of rotatable bonds is 4. The van der Waals surface area contributed by atoms with Gasteiger partial charge in [-0.1, -0.05) is 5.16 Å². The van der Waals surface area contributed by atoms with Crippen molar-refractivity contribution in [3.8, 4) is 5.75 Å². The van der Waals surface area contributed by atoms with Crippen molar-refractivity contribution in [2.24, 2.45) is 5.16 Å². The lowest BCUT2D eigenvalue weighted by Gasteiger charge is -2.28. The van der Waals surface area contributed by atoms with E-state index in [2.05, 4.69) is 5.16 Å². The number of likely N-dealkylation sites (N-methyl/N-ethyl adjacent to an activating group) is 1. The monoisotopic (exact) mass is 262 g/mol. The van der Waals surface area contributed by atoms with Crippen LogP contribution in [0.4, 0.5) is 5.69 Å². The Morgan fingerprint density at radius 3 is 2.95 bits per heavy atom. The topological polar surface area (TPSA) is 51.1 Å². The maximum atomic E-state index is 11.8. The molecule has 102 valence electrons. The molecular weight excluding hydrogens is 244 g/mol. The van der Waals surface area contributed by atoms with Gasteiger partial charge in [0.15, 0.2) is 6.61 Å². The Kier molecular flexibility index (Phi) is 4.04. The summed E-state index contributed by atoms with van der Waals surface area (Å²) in [5.41, 5.74) is 2.49. The van der Waals surface area contributed by atoms with Crippen LogP contribution >= 0.6 is 0 Å². The maximum Gasteiger partial charge on any atom is 0.265 e. The van der Waals surface area contributed by atoms with Crippen LogP contribution in [0.1, 0.15) is 26.3 Å². The number of oxime groups is 1. The largest absolute Gasteiger partial charge is 0.482 e. The van der Waals surface area contributed by atoms with Crippen molar-refractivity contribution in [1.29, 1.82) is 0 Å². The molecule has 0 radical (unpaired) electrons. The molecular formula is C14H18N2O3. The second-order valence-electron chi connectivity index (χ2n) is 4.20. The fourth-order valence-corrected chi connectivity index (χ4v) is 1.99. The van der Waals surface area contributed by atoms with Gasteiger partial charge in [-0.25, -0.2) is 0 Å². The first-order valence-electron chi connectivity index (χ1n) is 6.41. The van der Waals surface area contributed by atoms with Crippen LogP contribution in [0.2, 0.25) is 0 Å². The number of hydrogen-bond donors (Lipinski definition) is 0. The van der Waals surface area contributed by atoms with Crippen LogP contribution < -0.4 is 9.64 Å². The number of benzene rings is 1. The Morgan fingerprint density at radius 2 is 2.26 bits per heavy atom. The molecule has 0 bridgehead atoms. The van der Waals surface area contributed by atoms with E-state index in [1.54, 1.807) is 4.90 Å². The summed E-state index contributed by atoms with van der Waals surface area (Å²) in [6, 6.07) is 5.69. The molecule has 1 aliphatic rings. The molecule has 19 heavy (non-hydrogen) atoms. The summed E-state index contributed by atoms with van der Waals surface area (Å²) in [5.74, 6) is 0.709. The highest BCUT2D eigenvalue weighted by molar-refractivity contribution is 6.02. The van der Waals surface area contributed by atoms with Crippen LogP contribution in [0.3, 0.4) is 0 Å². The minimum Gasteiger partial charge on any atom is -0.482 e. The zero-order valence-electron chi connectivity index (χ0n) is 11.5. The molecule has 0 N–H and O–H groups in total. The first kappa shape index (κ1) is 13.4. The minimum absolute atomic E-state index is 0.0217. The molecule has 1 aromatic carbocycles. The average molecular weight is 262 g/mol. The van der Waals surface area contributed by atoms with Crippen molar-refractivity contribution < 1.29 is 14.4 Å². The van der Waals surface area contributed by atoms with E-state index in [1.807, 2.05) is 39.0 Å². The van der Waals surface area contributed by atoms with E-state index >= 15 is 0 Å². The van der Waals surface area contributed by atoms with E-state index < -0.39 is 0 Å². The van der Waals surface area contributed by atoms with E-state index in [4.69, 9.17) is 9.57 Å². The van der Waals surface area contributed by atoms with Crippen LogP contribution in [0.15, 0.2) is 23.4 Å². The first-order valence-corrected chi connectivity index (χ1v) is 6.41. The van der Waals surface area contributed by atoms with E-state index in [0.717, 1.165) is 22.7 Å². The van der Waals surface area contributed by atoms with Crippen LogP contribution in [0.5, 0.6) is 5.75 Å². The molecule has 5 nitrogen and oxygen atoms in total. The number of ether oxygens (including phenoxy) is 1. The Balaban J connectivity index is 2.36. The zero-order chi connectivity index (χ0) is 13.8. The lowest BCUT2D eigenvalue weighted by Crippen LogP contribution is -2.38. The predicted octanol–water partition coefficient (Wildman–Crippen LogP) is 2.19. The molecule has 5 heteroatoms. The normalized spacial score (nSPS) is 15.0. The van der Waals surface area contributed by atoms with Crippen LogP contribution in [-0.4, -0.2) is 31.4 Å². The summed E-state index contributed by atoms with van der Waals surface area (Å²) in [5, 5.41) is 4.00. The van der Waals surface area contributed by atoms with Crippen LogP contribution in [0.25, 0.3) is 0 Å². The van der Waals surface area contributed by atoms with Crippen LogP contribution in [0, 0.1) is 0 Å². The van der Waals surface area contributed by atoms with E-state index in [0.29, 0.717) is 13.2 Å². The Bertz CT molecular complexity index is 511. The number of fused-ring (bicyclic) bond motifs is 1. The van der Waals surface area contributed by atoms with Gasteiger partial charge in [0.25, 0.3) is 5.91 Å². The number of carbonyl (C=O) groups is 1. The average Bonchev–Trinajstić information content (AvgIpc) is 2.44. The highest BCUT2D eigenvalue weighted by Crippen LogP contribution is 2.32. The Labute approximate surface area is 112 Å². The molecule has 0 aromatic heterocycles. The molecule has 0 fully saturated rings. The third-order valence-electron chi connectivity index (χ3n) is 2.97. The smallest absolute Gasteiger partial charge is 0.265 e. The fourth-order valence-electron chi connectivity index (χ4n) is 1.99. The Morgan fingerprint density at radius 1 is 1.47 bits per heavy atom. The highest BCUT2D eigenvalue weighted by Gasteiger charge is 2.24. The van der Waals surface area contributed by atoms with E-state index in [1.165, 1.54) is 0 Å². The summed E-state index contributed by atoms with van der Waals surface area (Å²) in [7, 11) is 0. The van der Waals surface area contributed by atoms with Gasteiger partial charge in [0.2, 0.25) is 0 Å². The van der Waals surface area contributed by atoms with Gasteiger partial charge in [0, 0.05) is 12.1 Å². The van der Waals surface area contributed by atoms with E-state index in [9.17, 15) is 4.79 Å². The number of nitrogens with zero attached hydrogens (tertiary/aromatic N) is 2. The van der Waals surface area contributed by atoms with Crippen molar-refractivity contribution in [1.82, 2.24) is 0 Å². The molecule has 1 amide bonds. The summed E-state index contributed by atoms with van der Waals surface area (Å²) >= 11 is 0. The predicted molar refractivity (Wildman–Crippen MR) is 73.8 cm³/mol. The van der Waals surface area contributed by atoms with Gasteiger partial charge < -0.3 is 14.5 Å². The molecule has 0 saturated heterocycles. The minimum atomic E-state index is -0.0217. The number of carbonyl (C=O) groups excluding carboxylic acids is 1. The SMILES string of the molecule is CCO/N=C(/C)c1ccc2c(c1)N(CC)C(=O)CO2. The van der Waals surface area contributed by atoms with E-state index in [-0.39, 0.29) is 12.5 Å². The molecule has 1 heterocycles. The zero-order valence-corrected chi connectivity index (χ0v) is 11.5. The van der Waals surface area contributed by atoms with Gasteiger partial charge >= 0.3 is 0 Å². The Hall–Kier alpha value is -2.04. The highest BCUT2D eigenvalue weighted by atomic mass is 16.6. The fraction of sp³-hybridized carbons (Fsp3) is 0.429.